The average Bonchev–Trinajstić information content (AvgIpc) is 2.67. The van der Waals surface area contributed by atoms with Gasteiger partial charge in [0, 0.05) is 0 Å². The van der Waals surface area contributed by atoms with E-state index in [9.17, 15) is 0 Å². The third kappa shape index (κ3) is 1.61. The van der Waals surface area contributed by atoms with E-state index in [-0.39, 0.29) is 0 Å². The van der Waals surface area contributed by atoms with Gasteiger partial charge in [0.25, 0.3) is 0 Å². The van der Waals surface area contributed by atoms with E-state index >= 15 is 0 Å². The zero-order valence-corrected chi connectivity index (χ0v) is 7.40. The molecule has 2 rings (SSSR count). The van der Waals surface area contributed by atoms with Crippen LogP contribution in [-0.4, -0.2) is 5.71 Å². The lowest BCUT2D eigenvalue weighted by Gasteiger charge is -1.98. The largest absolute Gasteiger partial charge is 0.323 e. The highest BCUT2D eigenvalue weighted by atomic mass is 15.1. The fourth-order valence-electron chi connectivity index (χ4n) is 1.59. The summed E-state index contributed by atoms with van der Waals surface area (Å²) in [5.74, 6) is 5.22. The topological polar surface area (TPSA) is 38.4 Å². The van der Waals surface area contributed by atoms with Crippen LogP contribution in [0.15, 0.2) is 41.5 Å². The molecule has 1 aromatic carbocycles. The summed E-state index contributed by atoms with van der Waals surface area (Å²) >= 11 is 0. The molecule has 0 aliphatic heterocycles. The fraction of sp³-hybridized carbons (Fsp3) is 0.182. The number of hydrazone groups is 1. The Morgan fingerprint density at radius 3 is 2.46 bits per heavy atom. The van der Waals surface area contributed by atoms with Crippen molar-refractivity contribution < 1.29 is 0 Å². The van der Waals surface area contributed by atoms with Crippen molar-refractivity contribution in [3.8, 4) is 0 Å². The van der Waals surface area contributed by atoms with E-state index in [0.717, 1.165) is 18.6 Å². The van der Waals surface area contributed by atoms with Crippen molar-refractivity contribution >= 4 is 11.3 Å². The molecule has 0 radical (unpaired) electrons. The van der Waals surface area contributed by atoms with E-state index in [0.29, 0.717) is 0 Å². The maximum atomic E-state index is 5.22. The zero-order chi connectivity index (χ0) is 9.10. The Bertz CT molecular complexity index is 350. The van der Waals surface area contributed by atoms with Gasteiger partial charge in [-0.1, -0.05) is 30.3 Å². The molecule has 2 nitrogen and oxygen atoms in total. The Hall–Kier alpha value is -1.57. The molecule has 0 saturated carbocycles. The summed E-state index contributed by atoms with van der Waals surface area (Å²) < 4.78 is 0. The van der Waals surface area contributed by atoms with Crippen LogP contribution < -0.4 is 5.84 Å². The van der Waals surface area contributed by atoms with Crippen molar-refractivity contribution in [2.24, 2.45) is 10.9 Å². The monoisotopic (exact) mass is 172 g/mol. The Labute approximate surface area is 77.8 Å². The molecule has 0 bridgehead atoms. The maximum Gasteiger partial charge on any atom is 0.0606 e. The summed E-state index contributed by atoms with van der Waals surface area (Å²) in [6.07, 6.45) is 4.11. The Morgan fingerprint density at radius 2 is 1.85 bits per heavy atom. The molecule has 0 saturated heterocycles. The van der Waals surface area contributed by atoms with Crippen molar-refractivity contribution in [1.29, 1.82) is 0 Å². The average molecular weight is 172 g/mol. The van der Waals surface area contributed by atoms with Gasteiger partial charge < -0.3 is 5.84 Å². The SMILES string of the molecule is N/N=C1\C=C(c2ccccc2)CC1. The van der Waals surface area contributed by atoms with Crippen molar-refractivity contribution in [1.82, 2.24) is 0 Å². The zero-order valence-electron chi connectivity index (χ0n) is 7.40. The second-order valence-electron chi connectivity index (χ2n) is 3.16. The van der Waals surface area contributed by atoms with E-state index in [2.05, 4.69) is 23.3 Å². The molecule has 0 amide bonds. The molecule has 2 heteroatoms. The van der Waals surface area contributed by atoms with Gasteiger partial charge in [0.05, 0.1) is 5.71 Å². The minimum atomic E-state index is 0.973. The highest BCUT2D eigenvalue weighted by Gasteiger charge is 2.11. The van der Waals surface area contributed by atoms with Crippen LogP contribution in [0.1, 0.15) is 18.4 Å². The van der Waals surface area contributed by atoms with E-state index < -0.39 is 0 Å². The first-order chi connectivity index (χ1) is 6.40. The summed E-state index contributed by atoms with van der Waals surface area (Å²) in [6, 6.07) is 10.4. The van der Waals surface area contributed by atoms with Crippen LogP contribution in [0, 0.1) is 0 Å². The van der Waals surface area contributed by atoms with Crippen molar-refractivity contribution in [3.05, 3.63) is 42.0 Å². The summed E-state index contributed by atoms with van der Waals surface area (Å²) in [7, 11) is 0. The fourth-order valence-corrected chi connectivity index (χ4v) is 1.59. The molecule has 0 atom stereocenters. The minimum absolute atomic E-state index is 0.973. The summed E-state index contributed by atoms with van der Waals surface area (Å²) in [5.41, 5.74) is 3.62. The molecule has 0 spiro atoms. The first-order valence-electron chi connectivity index (χ1n) is 4.43. The van der Waals surface area contributed by atoms with Gasteiger partial charge in [-0.15, -0.1) is 0 Å². The lowest BCUT2D eigenvalue weighted by atomic mass is 10.1. The van der Waals surface area contributed by atoms with Gasteiger partial charge in [-0.2, -0.15) is 5.10 Å². The molecule has 1 aromatic rings. The van der Waals surface area contributed by atoms with Crippen LogP contribution in [0.5, 0.6) is 0 Å². The lowest BCUT2D eigenvalue weighted by molar-refractivity contribution is 1.12. The Morgan fingerprint density at radius 1 is 1.08 bits per heavy atom. The quantitative estimate of drug-likeness (QED) is 0.511. The predicted molar refractivity (Wildman–Crippen MR) is 55.3 cm³/mol. The van der Waals surface area contributed by atoms with Crippen LogP contribution >= 0.6 is 0 Å². The third-order valence-electron chi connectivity index (χ3n) is 2.30. The summed E-state index contributed by atoms with van der Waals surface area (Å²) in [5, 5.41) is 3.70. The number of nitrogens with two attached hydrogens (primary N) is 1. The van der Waals surface area contributed by atoms with Gasteiger partial charge in [-0.05, 0) is 30.1 Å². The smallest absolute Gasteiger partial charge is 0.0606 e. The number of allylic oxidation sites excluding steroid dienone is 2. The van der Waals surface area contributed by atoms with E-state index in [1.54, 1.807) is 0 Å². The number of rotatable bonds is 1. The number of hydrogen-bond acceptors (Lipinski definition) is 2. The van der Waals surface area contributed by atoms with Crippen LogP contribution in [-0.2, 0) is 0 Å². The van der Waals surface area contributed by atoms with Crippen LogP contribution in [0.2, 0.25) is 0 Å². The predicted octanol–water partition coefficient (Wildman–Crippen LogP) is 2.18. The second kappa shape index (κ2) is 3.44. The van der Waals surface area contributed by atoms with Gasteiger partial charge in [0.1, 0.15) is 0 Å². The second-order valence-corrected chi connectivity index (χ2v) is 3.16. The molecule has 0 unspecified atom stereocenters. The number of hydrogen-bond donors (Lipinski definition) is 1. The first-order valence-corrected chi connectivity index (χ1v) is 4.43. The van der Waals surface area contributed by atoms with Crippen molar-refractivity contribution in [2.45, 2.75) is 12.8 Å². The van der Waals surface area contributed by atoms with Crippen LogP contribution in [0.4, 0.5) is 0 Å². The van der Waals surface area contributed by atoms with Gasteiger partial charge >= 0.3 is 0 Å². The van der Waals surface area contributed by atoms with Crippen LogP contribution in [0.25, 0.3) is 5.57 Å². The molecule has 66 valence electrons. The molecule has 1 aliphatic carbocycles. The normalized spacial score (nSPS) is 19.1. The number of nitrogens with zero attached hydrogens (tertiary/aromatic N) is 1. The van der Waals surface area contributed by atoms with Crippen molar-refractivity contribution in [2.75, 3.05) is 0 Å². The third-order valence-corrected chi connectivity index (χ3v) is 2.30. The lowest BCUT2D eigenvalue weighted by Crippen LogP contribution is -1.91. The van der Waals surface area contributed by atoms with Gasteiger partial charge in [-0.25, -0.2) is 0 Å². The van der Waals surface area contributed by atoms with E-state index in [4.69, 9.17) is 5.84 Å². The molecular weight excluding hydrogens is 160 g/mol. The van der Waals surface area contributed by atoms with Gasteiger partial charge in [0.15, 0.2) is 0 Å². The molecular formula is C11H12N2. The molecule has 0 heterocycles. The van der Waals surface area contributed by atoms with E-state index in [1.165, 1.54) is 11.1 Å². The standard InChI is InChI=1S/C11H12N2/c12-13-11-7-6-10(8-11)9-4-2-1-3-5-9/h1-5,8H,6-7,12H2/b13-11-. The molecule has 1 aliphatic rings. The first kappa shape index (κ1) is 8.05. The molecule has 13 heavy (non-hydrogen) atoms. The maximum absolute atomic E-state index is 5.22. The Balaban J connectivity index is 2.30. The molecule has 0 aromatic heterocycles. The highest BCUT2D eigenvalue weighted by molar-refractivity contribution is 6.05. The van der Waals surface area contributed by atoms with E-state index in [1.807, 2.05) is 18.2 Å². The van der Waals surface area contributed by atoms with Crippen molar-refractivity contribution in [3.63, 3.8) is 0 Å². The minimum Gasteiger partial charge on any atom is -0.323 e. The summed E-state index contributed by atoms with van der Waals surface area (Å²) in [6.45, 7) is 0. The highest BCUT2D eigenvalue weighted by Crippen LogP contribution is 2.25. The summed E-state index contributed by atoms with van der Waals surface area (Å²) in [4.78, 5) is 0. The number of benzene rings is 1. The van der Waals surface area contributed by atoms with Gasteiger partial charge in [-0.3, -0.25) is 0 Å². The van der Waals surface area contributed by atoms with Crippen LogP contribution in [0.3, 0.4) is 0 Å². The Kier molecular flexibility index (Phi) is 2.13. The van der Waals surface area contributed by atoms with Gasteiger partial charge in [0.2, 0.25) is 0 Å². The molecule has 2 N–H and O–H groups in total. The molecule has 0 fully saturated rings.